The largest absolute Gasteiger partial charge is 0.388 e. The van der Waals surface area contributed by atoms with Crippen LogP contribution in [0.25, 0.3) is 0 Å². The number of rotatable bonds is 4. The van der Waals surface area contributed by atoms with Crippen molar-refractivity contribution in [3.8, 4) is 0 Å². The Kier molecular flexibility index (Phi) is 3.75. The molecule has 1 aromatic heterocycles. The van der Waals surface area contributed by atoms with Gasteiger partial charge in [-0.2, -0.15) is 0 Å². The van der Waals surface area contributed by atoms with Crippen molar-refractivity contribution in [2.24, 2.45) is 7.05 Å². The Morgan fingerprint density at radius 3 is 3.00 bits per heavy atom. The summed E-state index contributed by atoms with van der Waals surface area (Å²) in [6.45, 7) is 0. The van der Waals surface area contributed by atoms with Crippen LogP contribution in [0.5, 0.6) is 0 Å². The summed E-state index contributed by atoms with van der Waals surface area (Å²) in [5.41, 5.74) is 0.569. The monoisotopic (exact) mass is 253 g/mol. The van der Waals surface area contributed by atoms with Crippen LogP contribution in [0.2, 0.25) is 0 Å². The number of hydrogen-bond acceptors (Lipinski definition) is 4. The number of aliphatic hydroxyl groups is 1. The third-order valence-electron chi connectivity index (χ3n) is 2.27. The summed E-state index contributed by atoms with van der Waals surface area (Å²) in [5.74, 6) is 0.0703. The number of thioether (sulfide) groups is 1. The minimum absolute atomic E-state index is 0.342. The molecule has 1 aromatic carbocycles. The number of halogens is 1. The van der Waals surface area contributed by atoms with Crippen molar-refractivity contribution in [1.29, 1.82) is 0 Å². The first-order chi connectivity index (χ1) is 8.16. The number of aryl methyl sites for hydroxylation is 1. The second-order valence-corrected chi connectivity index (χ2v) is 4.59. The molecule has 0 fully saturated rings. The lowest BCUT2D eigenvalue weighted by Gasteiger charge is -2.09. The van der Waals surface area contributed by atoms with Crippen molar-refractivity contribution in [3.63, 3.8) is 0 Å². The van der Waals surface area contributed by atoms with E-state index in [1.54, 1.807) is 23.0 Å². The molecule has 90 valence electrons. The van der Waals surface area contributed by atoms with Gasteiger partial charge in [-0.05, 0) is 17.7 Å². The molecule has 1 heterocycles. The highest BCUT2D eigenvalue weighted by Gasteiger charge is 2.10. The van der Waals surface area contributed by atoms with Crippen LogP contribution in [-0.2, 0) is 7.05 Å². The lowest BCUT2D eigenvalue weighted by molar-refractivity contribution is 0.203. The highest BCUT2D eigenvalue weighted by molar-refractivity contribution is 7.99. The lowest BCUT2D eigenvalue weighted by Crippen LogP contribution is -2.02. The molecule has 2 aromatic rings. The Labute approximate surface area is 102 Å². The van der Waals surface area contributed by atoms with E-state index in [9.17, 15) is 9.50 Å². The zero-order valence-corrected chi connectivity index (χ0v) is 10.1. The maximum Gasteiger partial charge on any atom is 0.190 e. The maximum atomic E-state index is 13.0. The number of nitrogens with zero attached hydrogens (tertiary/aromatic N) is 3. The zero-order valence-electron chi connectivity index (χ0n) is 9.25. The SMILES string of the molecule is Cn1cnnc1SCC(O)c1cccc(F)c1. The van der Waals surface area contributed by atoms with Gasteiger partial charge in [-0.15, -0.1) is 10.2 Å². The van der Waals surface area contributed by atoms with Crippen molar-refractivity contribution < 1.29 is 9.50 Å². The highest BCUT2D eigenvalue weighted by Crippen LogP contribution is 2.23. The second-order valence-electron chi connectivity index (χ2n) is 3.61. The Bertz CT molecular complexity index is 503. The molecule has 0 aliphatic heterocycles. The predicted molar refractivity (Wildman–Crippen MR) is 63.1 cm³/mol. The quantitative estimate of drug-likeness (QED) is 0.844. The van der Waals surface area contributed by atoms with Crippen molar-refractivity contribution in [1.82, 2.24) is 14.8 Å². The van der Waals surface area contributed by atoms with E-state index >= 15 is 0 Å². The van der Waals surface area contributed by atoms with E-state index in [0.717, 1.165) is 5.16 Å². The van der Waals surface area contributed by atoms with Crippen LogP contribution in [0.15, 0.2) is 35.7 Å². The first-order valence-corrected chi connectivity index (χ1v) is 6.05. The summed E-state index contributed by atoms with van der Waals surface area (Å²) < 4.78 is 14.7. The van der Waals surface area contributed by atoms with Crippen LogP contribution >= 0.6 is 11.8 Å². The van der Waals surface area contributed by atoms with E-state index in [1.165, 1.54) is 23.9 Å². The fourth-order valence-electron chi connectivity index (χ4n) is 1.37. The Balaban J connectivity index is 1.98. The number of aliphatic hydroxyl groups excluding tert-OH is 1. The van der Waals surface area contributed by atoms with Gasteiger partial charge in [0, 0.05) is 12.8 Å². The van der Waals surface area contributed by atoms with E-state index in [-0.39, 0.29) is 5.82 Å². The molecule has 0 spiro atoms. The average Bonchev–Trinajstić information content (AvgIpc) is 2.72. The van der Waals surface area contributed by atoms with Crippen LogP contribution < -0.4 is 0 Å². The summed E-state index contributed by atoms with van der Waals surface area (Å²) in [6.07, 6.45) is 0.879. The number of aromatic nitrogens is 3. The molecule has 0 saturated carbocycles. The molecule has 0 saturated heterocycles. The van der Waals surface area contributed by atoms with E-state index in [0.29, 0.717) is 11.3 Å². The Morgan fingerprint density at radius 2 is 2.35 bits per heavy atom. The Morgan fingerprint density at radius 1 is 1.53 bits per heavy atom. The smallest absolute Gasteiger partial charge is 0.190 e. The molecule has 6 heteroatoms. The van der Waals surface area contributed by atoms with Crippen LogP contribution in [0.1, 0.15) is 11.7 Å². The predicted octanol–water partition coefficient (Wildman–Crippen LogP) is 1.78. The second kappa shape index (κ2) is 5.29. The number of hydrogen-bond donors (Lipinski definition) is 1. The lowest BCUT2D eigenvalue weighted by atomic mass is 10.1. The maximum absolute atomic E-state index is 13.0. The molecule has 1 N–H and O–H groups in total. The van der Waals surface area contributed by atoms with Gasteiger partial charge >= 0.3 is 0 Å². The first-order valence-electron chi connectivity index (χ1n) is 5.07. The third-order valence-corrected chi connectivity index (χ3v) is 3.38. The van der Waals surface area contributed by atoms with Crippen molar-refractivity contribution >= 4 is 11.8 Å². The van der Waals surface area contributed by atoms with E-state index in [4.69, 9.17) is 0 Å². The van der Waals surface area contributed by atoms with Crippen LogP contribution in [0, 0.1) is 5.82 Å². The number of benzene rings is 1. The molecule has 4 nitrogen and oxygen atoms in total. The van der Waals surface area contributed by atoms with Crippen molar-refractivity contribution in [2.75, 3.05) is 5.75 Å². The minimum Gasteiger partial charge on any atom is -0.388 e. The summed E-state index contributed by atoms with van der Waals surface area (Å²) >= 11 is 1.38. The van der Waals surface area contributed by atoms with Gasteiger partial charge in [-0.3, -0.25) is 0 Å². The van der Waals surface area contributed by atoms with Gasteiger partial charge in [-0.25, -0.2) is 4.39 Å². The molecule has 2 rings (SSSR count). The summed E-state index contributed by atoms with van der Waals surface area (Å²) in [4.78, 5) is 0. The molecule has 17 heavy (non-hydrogen) atoms. The highest BCUT2D eigenvalue weighted by atomic mass is 32.2. The summed E-state index contributed by atoms with van der Waals surface area (Å²) in [6, 6.07) is 5.97. The fourth-order valence-corrected chi connectivity index (χ4v) is 2.22. The van der Waals surface area contributed by atoms with Gasteiger partial charge in [0.25, 0.3) is 0 Å². The molecule has 1 unspecified atom stereocenters. The molecular weight excluding hydrogens is 241 g/mol. The van der Waals surface area contributed by atoms with Gasteiger partial charge < -0.3 is 9.67 Å². The van der Waals surface area contributed by atoms with Crippen molar-refractivity contribution in [3.05, 3.63) is 42.0 Å². The molecule has 1 atom stereocenters. The van der Waals surface area contributed by atoms with Gasteiger partial charge in [-0.1, -0.05) is 23.9 Å². The third kappa shape index (κ3) is 3.04. The van der Waals surface area contributed by atoms with E-state index < -0.39 is 6.10 Å². The molecule has 0 bridgehead atoms. The standard InChI is InChI=1S/C11H12FN3OS/c1-15-7-13-14-11(15)17-6-10(16)8-3-2-4-9(12)5-8/h2-5,7,10,16H,6H2,1H3. The molecule has 0 aliphatic carbocycles. The van der Waals surface area contributed by atoms with Gasteiger partial charge in [0.1, 0.15) is 12.1 Å². The Hall–Kier alpha value is -1.40. The average molecular weight is 253 g/mol. The van der Waals surface area contributed by atoms with Crippen LogP contribution in [-0.4, -0.2) is 25.6 Å². The molecule has 0 amide bonds. The molecule has 0 radical (unpaired) electrons. The van der Waals surface area contributed by atoms with Gasteiger partial charge in [0.05, 0.1) is 6.10 Å². The van der Waals surface area contributed by atoms with E-state index in [1.807, 2.05) is 7.05 Å². The minimum atomic E-state index is -0.715. The summed E-state index contributed by atoms with van der Waals surface area (Å²) in [7, 11) is 1.83. The van der Waals surface area contributed by atoms with E-state index in [2.05, 4.69) is 10.2 Å². The van der Waals surface area contributed by atoms with Crippen molar-refractivity contribution in [2.45, 2.75) is 11.3 Å². The first kappa shape index (κ1) is 12.1. The summed E-state index contributed by atoms with van der Waals surface area (Å²) in [5, 5.41) is 18.2. The normalized spacial score (nSPS) is 12.6. The van der Waals surface area contributed by atoms with Crippen LogP contribution in [0.3, 0.4) is 0 Å². The topological polar surface area (TPSA) is 50.9 Å². The molecule has 0 aliphatic rings. The zero-order chi connectivity index (χ0) is 12.3. The fraction of sp³-hybridized carbons (Fsp3) is 0.273. The van der Waals surface area contributed by atoms with Gasteiger partial charge in [0.2, 0.25) is 0 Å². The van der Waals surface area contributed by atoms with Gasteiger partial charge in [0.15, 0.2) is 5.16 Å². The molecular formula is C11H12FN3OS. The van der Waals surface area contributed by atoms with Crippen LogP contribution in [0.4, 0.5) is 4.39 Å².